The average Bonchev–Trinajstić information content (AvgIpc) is 3.19. The minimum Gasteiger partial charge on any atom is -0.462 e. The van der Waals surface area contributed by atoms with Gasteiger partial charge in [-0.3, -0.25) is 14.4 Å². The van der Waals surface area contributed by atoms with Crippen molar-refractivity contribution in [3.63, 3.8) is 0 Å². The van der Waals surface area contributed by atoms with Gasteiger partial charge in [-0.1, -0.05) is 240 Å². The lowest BCUT2D eigenvalue weighted by molar-refractivity contribution is -0.167. The molecule has 0 aliphatic rings. The predicted molar refractivity (Wildman–Crippen MR) is 243 cm³/mol. The summed E-state index contributed by atoms with van der Waals surface area (Å²) in [5.74, 6) is 0.835. The van der Waals surface area contributed by atoms with Crippen LogP contribution in [0.3, 0.4) is 0 Å². The summed E-state index contributed by atoms with van der Waals surface area (Å²) in [6.07, 6.45) is 43.6. The third-order valence-electron chi connectivity index (χ3n) is 11.8. The number of unbranched alkanes of at least 4 members (excludes halogenated alkanes) is 29. The molecule has 0 aromatic heterocycles. The Hall–Kier alpha value is -1.59. The normalized spacial score (nSPS) is 12.5. The Morgan fingerprint density at radius 3 is 1.00 bits per heavy atom. The van der Waals surface area contributed by atoms with E-state index in [-0.39, 0.29) is 31.1 Å². The molecule has 6 nitrogen and oxygen atoms in total. The number of carbonyl (C=O) groups is 3. The summed E-state index contributed by atoms with van der Waals surface area (Å²) in [6.45, 7) is 11.4. The third-order valence-corrected chi connectivity index (χ3v) is 11.8. The Labute approximate surface area is 355 Å². The summed E-state index contributed by atoms with van der Waals surface area (Å²) in [4.78, 5) is 37.9. The molecule has 0 radical (unpaired) electrons. The summed E-state index contributed by atoms with van der Waals surface area (Å²) >= 11 is 0. The molecule has 0 heterocycles. The van der Waals surface area contributed by atoms with Crippen molar-refractivity contribution >= 4 is 17.9 Å². The highest BCUT2D eigenvalue weighted by atomic mass is 16.6. The maximum absolute atomic E-state index is 12.8. The van der Waals surface area contributed by atoms with Crippen LogP contribution in [-0.2, 0) is 28.6 Å². The van der Waals surface area contributed by atoms with E-state index in [4.69, 9.17) is 14.2 Å². The molecule has 0 N–H and O–H groups in total. The van der Waals surface area contributed by atoms with Gasteiger partial charge in [0.15, 0.2) is 6.10 Å². The standard InChI is InChI=1S/C51H98O6/c1-6-8-9-10-11-12-13-14-21-26-31-36-41-49(52)55-44-48(45-56-50(53)42-37-32-27-22-17-15-19-24-29-34-39-46(3)4)57-51(54)43-38-33-28-23-18-16-20-25-30-35-40-47(5)7-2/h46-48H,6-45H2,1-5H3/t47?,48-/m0/s1. The van der Waals surface area contributed by atoms with Crippen molar-refractivity contribution in [2.75, 3.05) is 13.2 Å². The first-order valence-corrected chi connectivity index (χ1v) is 25.3. The molecule has 338 valence electrons. The predicted octanol–water partition coefficient (Wildman–Crippen LogP) is 16.1. The smallest absolute Gasteiger partial charge is 0.306 e. The molecule has 2 atom stereocenters. The Kier molecular flexibility index (Phi) is 42.7. The number of ether oxygens (including phenoxy) is 3. The highest BCUT2D eigenvalue weighted by molar-refractivity contribution is 5.71. The molecule has 0 saturated carbocycles. The maximum Gasteiger partial charge on any atom is 0.306 e. The Balaban J connectivity index is 4.34. The zero-order valence-corrected chi connectivity index (χ0v) is 39.0. The zero-order chi connectivity index (χ0) is 41.9. The first kappa shape index (κ1) is 55.4. The summed E-state index contributed by atoms with van der Waals surface area (Å²) in [5, 5.41) is 0. The van der Waals surface area contributed by atoms with Crippen LogP contribution in [0.4, 0.5) is 0 Å². The molecule has 0 aromatic carbocycles. The first-order valence-electron chi connectivity index (χ1n) is 25.3. The van der Waals surface area contributed by atoms with Gasteiger partial charge in [-0.25, -0.2) is 0 Å². The van der Waals surface area contributed by atoms with Gasteiger partial charge in [-0.15, -0.1) is 0 Å². The molecular weight excluding hydrogens is 709 g/mol. The first-order chi connectivity index (χ1) is 27.8. The van der Waals surface area contributed by atoms with Crippen LogP contribution in [0, 0.1) is 11.8 Å². The van der Waals surface area contributed by atoms with Crippen LogP contribution in [0.2, 0.25) is 0 Å². The van der Waals surface area contributed by atoms with E-state index in [0.717, 1.165) is 69.6 Å². The van der Waals surface area contributed by atoms with Crippen molar-refractivity contribution in [1.29, 1.82) is 0 Å². The van der Waals surface area contributed by atoms with Crippen molar-refractivity contribution in [2.24, 2.45) is 11.8 Å². The second kappa shape index (κ2) is 44.0. The van der Waals surface area contributed by atoms with Crippen molar-refractivity contribution in [2.45, 2.75) is 285 Å². The molecule has 0 fully saturated rings. The largest absolute Gasteiger partial charge is 0.462 e. The molecule has 0 amide bonds. The summed E-state index contributed by atoms with van der Waals surface area (Å²) < 4.78 is 16.8. The van der Waals surface area contributed by atoms with Gasteiger partial charge in [0, 0.05) is 19.3 Å². The van der Waals surface area contributed by atoms with E-state index in [1.165, 1.54) is 167 Å². The topological polar surface area (TPSA) is 78.9 Å². The second-order valence-corrected chi connectivity index (χ2v) is 18.2. The van der Waals surface area contributed by atoms with Gasteiger partial charge < -0.3 is 14.2 Å². The fraction of sp³-hybridized carbons (Fsp3) is 0.941. The monoisotopic (exact) mass is 807 g/mol. The average molecular weight is 807 g/mol. The molecule has 0 rings (SSSR count). The summed E-state index contributed by atoms with van der Waals surface area (Å²) in [7, 11) is 0. The molecule has 6 heteroatoms. The highest BCUT2D eigenvalue weighted by Crippen LogP contribution is 2.18. The molecule has 0 aliphatic heterocycles. The van der Waals surface area contributed by atoms with Crippen LogP contribution in [0.25, 0.3) is 0 Å². The Morgan fingerprint density at radius 1 is 0.368 bits per heavy atom. The van der Waals surface area contributed by atoms with Gasteiger partial charge in [0.1, 0.15) is 13.2 Å². The SMILES string of the molecule is CCCCCCCCCCCCCCC(=O)OC[C@@H](COC(=O)CCCCCCCCCCCCC(C)C)OC(=O)CCCCCCCCCCCCC(C)CC. The minimum absolute atomic E-state index is 0.0640. The van der Waals surface area contributed by atoms with Crippen LogP contribution in [0.5, 0.6) is 0 Å². The highest BCUT2D eigenvalue weighted by Gasteiger charge is 2.19. The van der Waals surface area contributed by atoms with E-state index < -0.39 is 6.10 Å². The number of rotatable bonds is 45. The van der Waals surface area contributed by atoms with Gasteiger partial charge in [0.2, 0.25) is 0 Å². The molecule has 0 aromatic rings. The van der Waals surface area contributed by atoms with E-state index in [0.29, 0.717) is 19.3 Å². The maximum atomic E-state index is 12.8. The fourth-order valence-electron chi connectivity index (χ4n) is 7.60. The van der Waals surface area contributed by atoms with Crippen LogP contribution in [-0.4, -0.2) is 37.2 Å². The number of carbonyl (C=O) groups excluding carboxylic acids is 3. The molecular formula is C51H98O6. The van der Waals surface area contributed by atoms with Crippen molar-refractivity contribution < 1.29 is 28.6 Å². The van der Waals surface area contributed by atoms with Gasteiger partial charge in [-0.05, 0) is 31.1 Å². The summed E-state index contributed by atoms with van der Waals surface area (Å²) in [5.41, 5.74) is 0. The lowest BCUT2D eigenvalue weighted by Crippen LogP contribution is -2.30. The quantitative estimate of drug-likeness (QED) is 0.0346. The van der Waals surface area contributed by atoms with Gasteiger partial charge >= 0.3 is 17.9 Å². The molecule has 0 bridgehead atoms. The number of esters is 3. The molecule has 0 aliphatic carbocycles. The van der Waals surface area contributed by atoms with Crippen molar-refractivity contribution in [3.8, 4) is 0 Å². The van der Waals surface area contributed by atoms with Gasteiger partial charge in [0.25, 0.3) is 0 Å². The molecule has 57 heavy (non-hydrogen) atoms. The van der Waals surface area contributed by atoms with E-state index in [1.807, 2.05) is 0 Å². The Bertz CT molecular complexity index is 872. The number of hydrogen-bond acceptors (Lipinski definition) is 6. The van der Waals surface area contributed by atoms with E-state index >= 15 is 0 Å². The second-order valence-electron chi connectivity index (χ2n) is 18.2. The van der Waals surface area contributed by atoms with E-state index in [1.54, 1.807) is 0 Å². The molecule has 1 unspecified atom stereocenters. The lowest BCUT2D eigenvalue weighted by Gasteiger charge is -2.18. The van der Waals surface area contributed by atoms with Gasteiger partial charge in [-0.2, -0.15) is 0 Å². The number of hydrogen-bond donors (Lipinski definition) is 0. The fourth-order valence-corrected chi connectivity index (χ4v) is 7.60. The summed E-state index contributed by atoms with van der Waals surface area (Å²) in [6, 6.07) is 0. The molecule has 0 saturated heterocycles. The zero-order valence-electron chi connectivity index (χ0n) is 39.0. The van der Waals surface area contributed by atoms with Crippen LogP contribution < -0.4 is 0 Å². The van der Waals surface area contributed by atoms with E-state index in [9.17, 15) is 14.4 Å². The van der Waals surface area contributed by atoms with Crippen molar-refractivity contribution in [3.05, 3.63) is 0 Å². The van der Waals surface area contributed by atoms with Crippen LogP contribution in [0.15, 0.2) is 0 Å². The molecule has 0 spiro atoms. The lowest BCUT2D eigenvalue weighted by atomic mass is 9.99. The third kappa shape index (κ3) is 43.8. The van der Waals surface area contributed by atoms with E-state index in [2.05, 4.69) is 34.6 Å². The van der Waals surface area contributed by atoms with Crippen LogP contribution >= 0.6 is 0 Å². The van der Waals surface area contributed by atoms with Crippen molar-refractivity contribution in [1.82, 2.24) is 0 Å². The van der Waals surface area contributed by atoms with Gasteiger partial charge in [0.05, 0.1) is 0 Å². The minimum atomic E-state index is -0.761. The Morgan fingerprint density at radius 2 is 0.667 bits per heavy atom. The van der Waals surface area contributed by atoms with Crippen LogP contribution in [0.1, 0.15) is 279 Å².